The fraction of sp³-hybridized carbons (Fsp3) is 0.348. The van der Waals surface area contributed by atoms with E-state index in [1.54, 1.807) is 17.1 Å². The van der Waals surface area contributed by atoms with Crippen LogP contribution in [0.25, 0.3) is 0 Å². The first-order valence-corrected chi connectivity index (χ1v) is 13.0. The van der Waals surface area contributed by atoms with Crippen molar-refractivity contribution in [2.75, 3.05) is 26.3 Å². The fourth-order valence-corrected chi connectivity index (χ4v) is 5.51. The molecule has 2 heterocycles. The van der Waals surface area contributed by atoms with Crippen molar-refractivity contribution in [2.24, 2.45) is 10.1 Å². The molecule has 34 heavy (non-hydrogen) atoms. The number of nitrogens with zero attached hydrogens (tertiary/aromatic N) is 4. The van der Waals surface area contributed by atoms with Gasteiger partial charge >= 0.3 is 10.2 Å². The maximum absolute atomic E-state index is 12.9. The molecule has 2 aromatic carbocycles. The number of aliphatic imine (C=N–C) groups is 1. The van der Waals surface area contributed by atoms with Crippen molar-refractivity contribution in [1.29, 1.82) is 0 Å². The van der Waals surface area contributed by atoms with Crippen LogP contribution in [0.5, 0.6) is 0 Å². The Hall–Kier alpha value is -2.95. The van der Waals surface area contributed by atoms with E-state index in [1.165, 1.54) is 4.31 Å². The topological polar surface area (TPSA) is 106 Å². The number of hydrazone groups is 1. The van der Waals surface area contributed by atoms with Gasteiger partial charge in [0, 0.05) is 30.6 Å². The molecule has 1 amide bonds. The number of rotatable bonds is 7. The van der Waals surface area contributed by atoms with Gasteiger partial charge < -0.3 is 5.32 Å². The third-order valence-electron chi connectivity index (χ3n) is 5.80. The first-order valence-electron chi connectivity index (χ1n) is 11.1. The number of hydrogen-bond acceptors (Lipinski definition) is 5. The van der Waals surface area contributed by atoms with Gasteiger partial charge in [-0.15, -0.1) is 0 Å². The summed E-state index contributed by atoms with van der Waals surface area (Å²) >= 11 is 6.10. The molecule has 11 heteroatoms. The summed E-state index contributed by atoms with van der Waals surface area (Å²) in [6, 6.07) is 17.5. The van der Waals surface area contributed by atoms with Crippen molar-refractivity contribution in [3.05, 3.63) is 70.7 Å². The van der Waals surface area contributed by atoms with Crippen LogP contribution in [0, 0.1) is 0 Å². The van der Waals surface area contributed by atoms with E-state index in [0.29, 0.717) is 37.5 Å². The average molecular weight is 503 g/mol. The van der Waals surface area contributed by atoms with E-state index in [9.17, 15) is 13.2 Å². The number of benzene rings is 2. The molecule has 9 nitrogen and oxygen atoms in total. The number of amides is 1. The smallest absolute Gasteiger partial charge is 0.303 e. The highest BCUT2D eigenvalue weighted by molar-refractivity contribution is 7.87. The summed E-state index contributed by atoms with van der Waals surface area (Å²) in [5.41, 5.74) is 2.79. The molecule has 4 rings (SSSR count). The van der Waals surface area contributed by atoms with Gasteiger partial charge in [0.05, 0.1) is 5.71 Å². The summed E-state index contributed by atoms with van der Waals surface area (Å²) in [6.07, 6.45) is 2.85. The van der Waals surface area contributed by atoms with E-state index in [4.69, 9.17) is 16.7 Å². The largest absolute Gasteiger partial charge is 0.339 e. The summed E-state index contributed by atoms with van der Waals surface area (Å²) in [4.78, 5) is 15.0. The van der Waals surface area contributed by atoms with Crippen molar-refractivity contribution in [1.82, 2.24) is 19.4 Å². The lowest BCUT2D eigenvalue weighted by molar-refractivity contribution is -0.109. The Kier molecular flexibility index (Phi) is 7.81. The highest BCUT2D eigenvalue weighted by Gasteiger charge is 2.31. The van der Waals surface area contributed by atoms with E-state index in [-0.39, 0.29) is 18.5 Å². The Balaban J connectivity index is 1.70. The van der Waals surface area contributed by atoms with Gasteiger partial charge in [-0.1, -0.05) is 54.1 Å². The fourth-order valence-electron chi connectivity index (χ4n) is 4.11. The Labute approximate surface area is 204 Å². The van der Waals surface area contributed by atoms with Gasteiger partial charge in [-0.05, 0) is 42.5 Å². The number of halogens is 1. The molecule has 1 saturated heterocycles. The number of nitrogens with one attached hydrogen (secondary N) is 2. The zero-order valence-electron chi connectivity index (χ0n) is 18.6. The lowest BCUT2D eigenvalue weighted by atomic mass is 9.86. The van der Waals surface area contributed by atoms with Crippen LogP contribution >= 0.6 is 11.6 Å². The molecule has 2 aromatic rings. The second kappa shape index (κ2) is 11.0. The summed E-state index contributed by atoms with van der Waals surface area (Å²) in [5.74, 6) is 0.0855. The molecule has 2 N–H and O–H groups in total. The van der Waals surface area contributed by atoms with Crippen molar-refractivity contribution < 1.29 is 13.2 Å². The molecule has 0 spiro atoms. The zero-order chi connectivity index (χ0) is 24.0. The van der Waals surface area contributed by atoms with Crippen molar-refractivity contribution in [3.63, 3.8) is 0 Å². The Morgan fingerprint density at radius 3 is 2.47 bits per heavy atom. The van der Waals surface area contributed by atoms with Gasteiger partial charge in [0.25, 0.3) is 0 Å². The molecule has 0 bridgehead atoms. The molecule has 1 fully saturated rings. The van der Waals surface area contributed by atoms with Crippen LogP contribution in [-0.2, 0) is 15.0 Å². The Morgan fingerprint density at radius 1 is 1.09 bits per heavy atom. The average Bonchev–Trinajstić information content (AvgIpc) is 3.41. The van der Waals surface area contributed by atoms with Crippen LogP contribution in [0.1, 0.15) is 36.3 Å². The highest BCUT2D eigenvalue weighted by atomic mass is 35.5. The molecule has 0 aromatic heterocycles. The molecular weight excluding hydrogens is 476 g/mol. The lowest BCUT2D eigenvalue weighted by Crippen LogP contribution is -2.49. The van der Waals surface area contributed by atoms with E-state index in [2.05, 4.69) is 27.2 Å². The van der Waals surface area contributed by atoms with Crippen molar-refractivity contribution >= 4 is 39.9 Å². The summed E-state index contributed by atoms with van der Waals surface area (Å²) in [5, 5.41) is 9.47. The highest BCUT2D eigenvalue weighted by Crippen LogP contribution is 2.30. The Morgan fingerprint density at radius 2 is 1.79 bits per heavy atom. The van der Waals surface area contributed by atoms with Crippen LogP contribution < -0.4 is 10.0 Å². The lowest BCUT2D eigenvalue weighted by Gasteiger charge is -2.32. The SMILES string of the molecule is O=CNC/N=C(/NS(=O)(=O)N1CCCC1)N1CCC(c2ccccc2)C(c2ccc(Cl)cc2)=N1. The minimum absolute atomic E-state index is 0.0168. The Bertz CT molecular complexity index is 1150. The van der Waals surface area contributed by atoms with E-state index >= 15 is 0 Å². The number of carbonyl (C=O) groups is 1. The first kappa shape index (κ1) is 24.2. The zero-order valence-corrected chi connectivity index (χ0v) is 20.2. The second-order valence-corrected chi connectivity index (χ2v) is 10.1. The van der Waals surface area contributed by atoms with Crippen LogP contribution in [0.2, 0.25) is 5.02 Å². The number of hydrogen-bond donors (Lipinski definition) is 2. The van der Waals surface area contributed by atoms with E-state index in [0.717, 1.165) is 29.7 Å². The van der Waals surface area contributed by atoms with Gasteiger partial charge in [0.15, 0.2) is 0 Å². The predicted octanol–water partition coefficient (Wildman–Crippen LogP) is 2.52. The maximum atomic E-state index is 12.9. The molecule has 1 atom stereocenters. The third-order valence-corrected chi connectivity index (χ3v) is 7.54. The molecule has 1 unspecified atom stereocenters. The summed E-state index contributed by atoms with van der Waals surface area (Å²) in [6.45, 7) is 1.29. The standard InChI is InChI=1S/C23H27ClN6O3S/c24-20-10-8-19(9-11-20)22-21(18-6-2-1-3-7-18)12-15-30(27-22)23(26-16-25-17-31)28-34(32,33)29-13-4-5-14-29/h1-3,6-11,17,21H,4-5,12-16H2,(H,25,31)(H,26,28). The van der Waals surface area contributed by atoms with Crippen LogP contribution in [0.3, 0.4) is 0 Å². The maximum Gasteiger partial charge on any atom is 0.303 e. The van der Waals surface area contributed by atoms with E-state index in [1.807, 2.05) is 30.3 Å². The molecule has 2 aliphatic heterocycles. The van der Waals surface area contributed by atoms with Crippen LogP contribution in [-0.4, -0.2) is 62.1 Å². The minimum atomic E-state index is -3.79. The van der Waals surface area contributed by atoms with E-state index < -0.39 is 10.2 Å². The van der Waals surface area contributed by atoms with Crippen molar-refractivity contribution in [2.45, 2.75) is 25.2 Å². The third kappa shape index (κ3) is 5.75. The van der Waals surface area contributed by atoms with Crippen LogP contribution in [0.4, 0.5) is 0 Å². The summed E-state index contributed by atoms with van der Waals surface area (Å²) in [7, 11) is -3.79. The first-order chi connectivity index (χ1) is 16.5. The van der Waals surface area contributed by atoms with Gasteiger partial charge in [-0.25, -0.2) is 14.7 Å². The van der Waals surface area contributed by atoms with Gasteiger partial charge in [-0.2, -0.15) is 17.8 Å². The van der Waals surface area contributed by atoms with Crippen molar-refractivity contribution in [3.8, 4) is 0 Å². The van der Waals surface area contributed by atoms with Gasteiger partial charge in [0.1, 0.15) is 6.67 Å². The molecule has 0 saturated carbocycles. The second-order valence-electron chi connectivity index (χ2n) is 8.04. The van der Waals surface area contributed by atoms with Gasteiger partial charge in [0.2, 0.25) is 12.4 Å². The molecule has 2 aliphatic rings. The monoisotopic (exact) mass is 502 g/mol. The molecule has 0 aliphatic carbocycles. The molecule has 0 radical (unpaired) electrons. The predicted molar refractivity (Wildman–Crippen MR) is 133 cm³/mol. The van der Waals surface area contributed by atoms with Crippen LogP contribution in [0.15, 0.2) is 64.7 Å². The minimum Gasteiger partial charge on any atom is -0.339 e. The number of guanidine groups is 1. The molecular formula is C23H27ClN6O3S. The number of carbonyl (C=O) groups excluding carboxylic acids is 1. The normalized spacial score (nSPS) is 19.6. The molecule has 180 valence electrons. The summed E-state index contributed by atoms with van der Waals surface area (Å²) < 4.78 is 29.9. The quantitative estimate of drug-likeness (QED) is 0.262. The van der Waals surface area contributed by atoms with Gasteiger partial charge in [-0.3, -0.25) is 4.79 Å².